The minimum absolute atomic E-state index is 0.0637. The highest BCUT2D eigenvalue weighted by molar-refractivity contribution is 5.76. The summed E-state index contributed by atoms with van der Waals surface area (Å²) < 4.78 is 10.3. The van der Waals surface area contributed by atoms with Crippen LogP contribution in [0.25, 0.3) is 0 Å². The molecule has 0 aromatic rings. The number of epoxide rings is 1. The van der Waals surface area contributed by atoms with Gasteiger partial charge in [0.1, 0.15) is 12.7 Å². The van der Waals surface area contributed by atoms with Gasteiger partial charge >= 0.3 is 5.97 Å². The van der Waals surface area contributed by atoms with Gasteiger partial charge < -0.3 is 9.47 Å². The highest BCUT2D eigenvalue weighted by Crippen LogP contribution is 2.31. The predicted molar refractivity (Wildman–Crippen MR) is 63.2 cm³/mol. The van der Waals surface area contributed by atoms with E-state index in [1.54, 1.807) is 0 Å². The van der Waals surface area contributed by atoms with E-state index in [4.69, 9.17) is 9.47 Å². The Bertz CT molecular complexity index is 233. The van der Waals surface area contributed by atoms with Gasteiger partial charge in [-0.1, -0.05) is 20.8 Å². The first-order valence-electron chi connectivity index (χ1n) is 6.26. The topological polar surface area (TPSA) is 38.8 Å². The van der Waals surface area contributed by atoms with Gasteiger partial charge in [-0.15, -0.1) is 0 Å². The van der Waals surface area contributed by atoms with Crippen LogP contribution in [0.15, 0.2) is 0 Å². The van der Waals surface area contributed by atoms with Gasteiger partial charge in [0.15, 0.2) is 0 Å². The summed E-state index contributed by atoms with van der Waals surface area (Å²) in [4.78, 5) is 12.0. The zero-order valence-corrected chi connectivity index (χ0v) is 10.9. The fourth-order valence-corrected chi connectivity index (χ4v) is 1.54. The van der Waals surface area contributed by atoms with Gasteiger partial charge in [-0.05, 0) is 32.1 Å². The minimum atomic E-state index is -0.320. The normalized spacial score (nSPS) is 22.9. The molecule has 1 aliphatic rings. The van der Waals surface area contributed by atoms with Crippen LogP contribution in [0, 0.1) is 11.3 Å². The first-order valence-corrected chi connectivity index (χ1v) is 6.26. The van der Waals surface area contributed by atoms with Crippen molar-refractivity contribution in [1.82, 2.24) is 0 Å². The molecule has 1 aliphatic heterocycles. The molecule has 1 fully saturated rings. The average Bonchev–Trinajstić information content (AvgIpc) is 3.06. The molecule has 94 valence electrons. The predicted octanol–water partition coefficient (Wildman–Crippen LogP) is 2.78. The molecule has 0 spiro atoms. The van der Waals surface area contributed by atoms with Crippen LogP contribution in [0.2, 0.25) is 0 Å². The maximum absolute atomic E-state index is 12.0. The van der Waals surface area contributed by atoms with Crippen molar-refractivity contribution in [3.8, 4) is 0 Å². The van der Waals surface area contributed by atoms with Gasteiger partial charge in [-0.25, -0.2) is 0 Å². The number of hydrogen-bond donors (Lipinski definition) is 0. The number of carbonyl (C=O) groups is 1. The van der Waals surface area contributed by atoms with Gasteiger partial charge in [0.05, 0.1) is 12.0 Å². The summed E-state index contributed by atoms with van der Waals surface area (Å²) >= 11 is 0. The molecule has 0 N–H and O–H groups in total. The molecule has 0 unspecified atom stereocenters. The largest absolute Gasteiger partial charge is 0.462 e. The molecule has 0 aromatic heterocycles. The zero-order chi connectivity index (χ0) is 12.2. The van der Waals surface area contributed by atoms with Crippen molar-refractivity contribution in [2.75, 3.05) is 13.2 Å². The Morgan fingerprint density at radius 1 is 1.56 bits per heavy atom. The Balaban J connectivity index is 2.37. The van der Waals surface area contributed by atoms with Crippen molar-refractivity contribution in [2.24, 2.45) is 11.3 Å². The fourth-order valence-electron chi connectivity index (χ4n) is 1.54. The molecule has 0 bridgehead atoms. The number of hydrogen-bond acceptors (Lipinski definition) is 3. The zero-order valence-electron chi connectivity index (χ0n) is 10.9. The van der Waals surface area contributed by atoms with Crippen molar-refractivity contribution < 1.29 is 14.3 Å². The third kappa shape index (κ3) is 4.12. The Morgan fingerprint density at radius 3 is 2.62 bits per heavy atom. The van der Waals surface area contributed by atoms with Crippen molar-refractivity contribution >= 4 is 5.97 Å². The van der Waals surface area contributed by atoms with Crippen LogP contribution < -0.4 is 0 Å². The van der Waals surface area contributed by atoms with E-state index in [1.807, 2.05) is 6.92 Å². The Kier molecular flexibility index (Phi) is 4.78. The lowest BCUT2D eigenvalue weighted by atomic mass is 9.81. The van der Waals surface area contributed by atoms with Crippen molar-refractivity contribution in [3.05, 3.63) is 0 Å². The van der Waals surface area contributed by atoms with Crippen molar-refractivity contribution in [3.63, 3.8) is 0 Å². The quantitative estimate of drug-likeness (QED) is 0.497. The van der Waals surface area contributed by atoms with E-state index in [9.17, 15) is 4.79 Å². The van der Waals surface area contributed by atoms with E-state index < -0.39 is 0 Å². The number of ether oxygens (including phenoxy) is 2. The Morgan fingerprint density at radius 2 is 2.19 bits per heavy atom. The van der Waals surface area contributed by atoms with E-state index >= 15 is 0 Å². The summed E-state index contributed by atoms with van der Waals surface area (Å²) in [6.07, 6.45) is 2.98. The third-order valence-corrected chi connectivity index (χ3v) is 3.35. The molecule has 1 heterocycles. The number of esters is 1. The third-order valence-electron chi connectivity index (χ3n) is 3.35. The molecule has 1 rings (SSSR count). The van der Waals surface area contributed by atoms with E-state index in [1.165, 1.54) is 0 Å². The first kappa shape index (κ1) is 13.5. The molecule has 0 aliphatic carbocycles. The van der Waals surface area contributed by atoms with Crippen LogP contribution in [-0.4, -0.2) is 25.3 Å². The molecule has 16 heavy (non-hydrogen) atoms. The average molecular weight is 228 g/mol. The van der Waals surface area contributed by atoms with E-state index in [0.29, 0.717) is 12.5 Å². The van der Waals surface area contributed by atoms with Gasteiger partial charge in [-0.2, -0.15) is 0 Å². The molecular weight excluding hydrogens is 204 g/mol. The molecule has 2 atom stereocenters. The van der Waals surface area contributed by atoms with Crippen LogP contribution in [0.5, 0.6) is 0 Å². The lowest BCUT2D eigenvalue weighted by Crippen LogP contribution is -2.30. The minimum Gasteiger partial charge on any atom is -0.462 e. The van der Waals surface area contributed by atoms with Gasteiger partial charge in [0.25, 0.3) is 0 Å². The summed E-state index contributed by atoms with van der Waals surface area (Å²) in [5.41, 5.74) is -0.320. The lowest BCUT2D eigenvalue weighted by molar-refractivity contribution is -0.156. The van der Waals surface area contributed by atoms with Gasteiger partial charge in [-0.3, -0.25) is 4.79 Å². The van der Waals surface area contributed by atoms with Crippen LogP contribution in [0.3, 0.4) is 0 Å². The molecule has 0 saturated carbocycles. The summed E-state index contributed by atoms with van der Waals surface area (Å²) in [5.74, 6) is 0.566. The van der Waals surface area contributed by atoms with Crippen molar-refractivity contribution in [1.29, 1.82) is 0 Å². The van der Waals surface area contributed by atoms with E-state index in [-0.39, 0.29) is 17.5 Å². The highest BCUT2D eigenvalue weighted by Gasteiger charge is 2.34. The number of rotatable bonds is 7. The molecular formula is C13H24O3. The standard InChI is InChI=1S/C13H24O3/c1-5-13(4,7-6-10(2)3)12(14)16-9-11-8-15-11/h10-11H,5-9H2,1-4H3/t11-,13-/m0/s1. The number of carbonyl (C=O) groups excluding carboxylic acids is 1. The smallest absolute Gasteiger partial charge is 0.311 e. The Hall–Kier alpha value is -0.570. The monoisotopic (exact) mass is 228 g/mol. The SMILES string of the molecule is CC[C@@](C)(CCC(C)C)C(=O)OC[C@@H]1CO1. The Labute approximate surface area is 98.5 Å². The maximum atomic E-state index is 12.0. The second-order valence-electron chi connectivity index (χ2n) is 5.40. The van der Waals surface area contributed by atoms with E-state index in [0.717, 1.165) is 25.9 Å². The highest BCUT2D eigenvalue weighted by atomic mass is 16.6. The van der Waals surface area contributed by atoms with Gasteiger partial charge in [0, 0.05) is 0 Å². The summed E-state index contributed by atoms with van der Waals surface area (Å²) in [5, 5.41) is 0. The molecule has 0 aromatic carbocycles. The molecule has 3 nitrogen and oxygen atoms in total. The lowest BCUT2D eigenvalue weighted by Gasteiger charge is -2.26. The van der Waals surface area contributed by atoms with E-state index in [2.05, 4.69) is 20.8 Å². The van der Waals surface area contributed by atoms with Crippen molar-refractivity contribution in [2.45, 2.75) is 53.1 Å². The maximum Gasteiger partial charge on any atom is 0.311 e. The van der Waals surface area contributed by atoms with Crippen LogP contribution in [0.4, 0.5) is 0 Å². The molecule has 0 amide bonds. The second kappa shape index (κ2) is 5.67. The first-order chi connectivity index (χ1) is 7.48. The van der Waals surface area contributed by atoms with Crippen LogP contribution in [-0.2, 0) is 14.3 Å². The van der Waals surface area contributed by atoms with Gasteiger partial charge in [0.2, 0.25) is 0 Å². The second-order valence-corrected chi connectivity index (χ2v) is 5.40. The summed E-state index contributed by atoms with van der Waals surface area (Å²) in [6, 6.07) is 0. The molecule has 0 radical (unpaired) electrons. The van der Waals surface area contributed by atoms with Crippen LogP contribution >= 0.6 is 0 Å². The summed E-state index contributed by atoms with van der Waals surface area (Å²) in [6.45, 7) is 9.58. The molecule has 3 heteroatoms. The molecule has 1 saturated heterocycles. The van der Waals surface area contributed by atoms with Crippen LogP contribution in [0.1, 0.15) is 47.0 Å². The fraction of sp³-hybridized carbons (Fsp3) is 0.923. The summed E-state index contributed by atoms with van der Waals surface area (Å²) in [7, 11) is 0.